The van der Waals surface area contributed by atoms with Crippen LogP contribution >= 0.6 is 0 Å². The Morgan fingerprint density at radius 1 is 1.11 bits per heavy atom. The fraction of sp³-hybridized carbons (Fsp3) is 0.133. The zero-order valence-electron chi connectivity index (χ0n) is 10.2. The van der Waals surface area contributed by atoms with Gasteiger partial charge in [0.15, 0.2) is 0 Å². The van der Waals surface area contributed by atoms with Crippen molar-refractivity contribution in [3.63, 3.8) is 0 Å². The van der Waals surface area contributed by atoms with Gasteiger partial charge in [-0.3, -0.25) is 0 Å². The second-order valence-electron chi connectivity index (χ2n) is 4.20. The predicted octanol–water partition coefficient (Wildman–Crippen LogP) is 3.21. The Bertz CT molecular complexity index is 668. The third kappa shape index (κ3) is 1.89. The number of oxazole rings is 1. The van der Waals surface area contributed by atoms with Gasteiger partial charge in [-0.05, 0) is 23.9 Å². The quantitative estimate of drug-likeness (QED) is 0.761. The minimum atomic E-state index is 0.678. The van der Waals surface area contributed by atoms with Gasteiger partial charge in [0.25, 0.3) is 0 Å². The largest absolute Gasteiger partial charge is 0.444 e. The minimum Gasteiger partial charge on any atom is -0.444 e. The van der Waals surface area contributed by atoms with Gasteiger partial charge in [-0.2, -0.15) is 0 Å². The zero-order valence-corrected chi connectivity index (χ0v) is 10.2. The van der Waals surface area contributed by atoms with Gasteiger partial charge in [-0.1, -0.05) is 36.4 Å². The summed E-state index contributed by atoms with van der Waals surface area (Å²) in [5.41, 5.74) is 1.95. The first kappa shape index (κ1) is 11.0. The molecule has 0 amide bonds. The van der Waals surface area contributed by atoms with Crippen molar-refractivity contribution in [3.8, 4) is 11.5 Å². The molecule has 0 saturated carbocycles. The highest BCUT2D eigenvalue weighted by Crippen LogP contribution is 2.27. The fourth-order valence-electron chi connectivity index (χ4n) is 2.10. The van der Waals surface area contributed by atoms with Crippen molar-refractivity contribution in [2.75, 3.05) is 7.05 Å². The van der Waals surface area contributed by atoms with E-state index < -0.39 is 0 Å². The van der Waals surface area contributed by atoms with Gasteiger partial charge in [0.05, 0.1) is 5.69 Å². The molecule has 0 bridgehead atoms. The van der Waals surface area contributed by atoms with Gasteiger partial charge in [-0.15, -0.1) is 0 Å². The number of fused-ring (bicyclic) bond motifs is 1. The van der Waals surface area contributed by atoms with E-state index in [-0.39, 0.29) is 0 Å². The SMILES string of the molecule is CNCc1coc(-c2cccc3ccccc23)n1. The number of benzene rings is 2. The minimum absolute atomic E-state index is 0.678. The standard InChI is InChI=1S/C15H14N2O/c1-16-9-12-10-18-15(17-12)14-8-4-6-11-5-2-3-7-13(11)14/h2-8,10,16H,9H2,1H3. The van der Waals surface area contributed by atoms with Gasteiger partial charge < -0.3 is 9.73 Å². The van der Waals surface area contributed by atoms with Crippen molar-refractivity contribution >= 4 is 10.8 Å². The molecule has 0 unspecified atom stereocenters. The predicted molar refractivity (Wildman–Crippen MR) is 72.2 cm³/mol. The summed E-state index contributed by atoms with van der Waals surface area (Å²) in [5, 5.41) is 5.43. The van der Waals surface area contributed by atoms with Crippen LogP contribution in [0.3, 0.4) is 0 Å². The molecule has 3 aromatic rings. The maximum atomic E-state index is 5.56. The third-order valence-electron chi connectivity index (χ3n) is 2.93. The van der Waals surface area contributed by atoms with Crippen LogP contribution in [0.5, 0.6) is 0 Å². The second kappa shape index (κ2) is 4.63. The van der Waals surface area contributed by atoms with E-state index in [9.17, 15) is 0 Å². The van der Waals surface area contributed by atoms with Crippen molar-refractivity contribution in [2.45, 2.75) is 6.54 Å². The molecule has 0 aliphatic rings. The number of nitrogens with one attached hydrogen (secondary N) is 1. The lowest BCUT2D eigenvalue weighted by Gasteiger charge is -2.02. The molecule has 0 atom stereocenters. The lowest BCUT2D eigenvalue weighted by Crippen LogP contribution is -2.04. The van der Waals surface area contributed by atoms with Gasteiger partial charge in [-0.25, -0.2) is 4.98 Å². The van der Waals surface area contributed by atoms with Crippen molar-refractivity contribution in [2.24, 2.45) is 0 Å². The van der Waals surface area contributed by atoms with E-state index >= 15 is 0 Å². The van der Waals surface area contributed by atoms with Gasteiger partial charge in [0.1, 0.15) is 6.26 Å². The Labute approximate surface area is 105 Å². The van der Waals surface area contributed by atoms with E-state index in [2.05, 4.69) is 28.5 Å². The average molecular weight is 238 g/mol. The molecule has 0 fully saturated rings. The van der Waals surface area contributed by atoms with E-state index in [4.69, 9.17) is 4.42 Å². The molecular formula is C15H14N2O. The number of hydrogen-bond acceptors (Lipinski definition) is 3. The maximum absolute atomic E-state index is 5.56. The van der Waals surface area contributed by atoms with E-state index in [0.29, 0.717) is 12.4 Å². The topological polar surface area (TPSA) is 38.1 Å². The molecule has 3 rings (SSSR count). The van der Waals surface area contributed by atoms with Gasteiger partial charge in [0.2, 0.25) is 5.89 Å². The Morgan fingerprint density at radius 2 is 1.94 bits per heavy atom. The van der Waals surface area contributed by atoms with E-state index in [1.807, 2.05) is 31.3 Å². The highest BCUT2D eigenvalue weighted by Gasteiger charge is 2.09. The van der Waals surface area contributed by atoms with Crippen LogP contribution in [0.4, 0.5) is 0 Å². The number of nitrogens with zero attached hydrogens (tertiary/aromatic N) is 1. The summed E-state index contributed by atoms with van der Waals surface area (Å²) >= 11 is 0. The molecule has 1 aromatic heterocycles. The van der Waals surface area contributed by atoms with Gasteiger partial charge >= 0.3 is 0 Å². The molecule has 0 aliphatic carbocycles. The van der Waals surface area contributed by atoms with Crippen LogP contribution in [0, 0.1) is 0 Å². The van der Waals surface area contributed by atoms with E-state index in [1.54, 1.807) is 6.26 Å². The smallest absolute Gasteiger partial charge is 0.226 e. The summed E-state index contributed by atoms with van der Waals surface area (Å²) < 4.78 is 5.56. The normalized spacial score (nSPS) is 10.9. The van der Waals surface area contributed by atoms with Crippen LogP contribution in [-0.4, -0.2) is 12.0 Å². The van der Waals surface area contributed by atoms with E-state index in [0.717, 1.165) is 16.6 Å². The summed E-state index contributed by atoms with van der Waals surface area (Å²) in [6.07, 6.45) is 1.70. The molecule has 0 radical (unpaired) electrons. The lowest BCUT2D eigenvalue weighted by molar-refractivity contribution is 0.572. The van der Waals surface area contributed by atoms with Gasteiger partial charge in [0, 0.05) is 12.1 Å². The monoisotopic (exact) mass is 238 g/mol. The highest BCUT2D eigenvalue weighted by molar-refractivity contribution is 5.94. The molecule has 0 spiro atoms. The summed E-state index contributed by atoms with van der Waals surface area (Å²) in [7, 11) is 1.90. The molecule has 3 heteroatoms. The molecular weight excluding hydrogens is 224 g/mol. The fourth-order valence-corrected chi connectivity index (χ4v) is 2.10. The first-order chi connectivity index (χ1) is 8.88. The maximum Gasteiger partial charge on any atom is 0.226 e. The van der Waals surface area contributed by atoms with Crippen molar-refractivity contribution in [3.05, 3.63) is 54.4 Å². The van der Waals surface area contributed by atoms with Crippen LogP contribution < -0.4 is 5.32 Å². The Balaban J connectivity index is 2.12. The third-order valence-corrected chi connectivity index (χ3v) is 2.93. The first-order valence-electron chi connectivity index (χ1n) is 5.95. The van der Waals surface area contributed by atoms with Crippen molar-refractivity contribution < 1.29 is 4.42 Å². The lowest BCUT2D eigenvalue weighted by atomic mass is 10.0. The van der Waals surface area contributed by atoms with Crippen molar-refractivity contribution in [1.82, 2.24) is 10.3 Å². The molecule has 90 valence electrons. The molecule has 0 saturated heterocycles. The van der Waals surface area contributed by atoms with Crippen LogP contribution in [0.1, 0.15) is 5.69 Å². The van der Waals surface area contributed by atoms with Crippen LogP contribution in [-0.2, 0) is 6.54 Å². The second-order valence-corrected chi connectivity index (χ2v) is 4.20. The van der Waals surface area contributed by atoms with Crippen LogP contribution in [0.2, 0.25) is 0 Å². The van der Waals surface area contributed by atoms with Crippen molar-refractivity contribution in [1.29, 1.82) is 0 Å². The summed E-state index contributed by atoms with van der Waals surface area (Å²) in [5.74, 6) is 0.678. The molecule has 1 N–H and O–H groups in total. The molecule has 1 heterocycles. The molecule has 3 nitrogen and oxygen atoms in total. The number of rotatable bonds is 3. The number of hydrogen-bond donors (Lipinski definition) is 1. The first-order valence-corrected chi connectivity index (χ1v) is 5.95. The summed E-state index contributed by atoms with van der Waals surface area (Å²) in [4.78, 5) is 4.49. The number of aromatic nitrogens is 1. The Morgan fingerprint density at radius 3 is 2.83 bits per heavy atom. The Kier molecular flexibility index (Phi) is 2.82. The summed E-state index contributed by atoms with van der Waals surface area (Å²) in [6, 6.07) is 14.4. The highest BCUT2D eigenvalue weighted by atomic mass is 16.3. The van der Waals surface area contributed by atoms with Crippen LogP contribution in [0.25, 0.3) is 22.2 Å². The van der Waals surface area contributed by atoms with E-state index in [1.165, 1.54) is 5.39 Å². The summed E-state index contributed by atoms with van der Waals surface area (Å²) in [6.45, 7) is 0.717. The molecule has 2 aromatic carbocycles. The van der Waals surface area contributed by atoms with Crippen LogP contribution in [0.15, 0.2) is 53.1 Å². The zero-order chi connectivity index (χ0) is 12.4. The molecule has 18 heavy (non-hydrogen) atoms. The molecule has 0 aliphatic heterocycles. The Hall–Kier alpha value is -2.13. The average Bonchev–Trinajstić information content (AvgIpc) is 2.87.